The van der Waals surface area contributed by atoms with Gasteiger partial charge in [-0.2, -0.15) is 10.2 Å². The van der Waals surface area contributed by atoms with E-state index in [2.05, 4.69) is 31.4 Å². The van der Waals surface area contributed by atoms with Crippen LogP contribution in [0.15, 0.2) is 34.9 Å². The smallest absolute Gasteiger partial charge is 0.282 e. The van der Waals surface area contributed by atoms with Crippen LogP contribution < -0.4 is 5.32 Å². The number of aromatic nitrogens is 4. The van der Waals surface area contributed by atoms with Crippen LogP contribution in [-0.4, -0.2) is 25.5 Å². The Morgan fingerprint density at radius 3 is 2.62 bits per heavy atom. The van der Waals surface area contributed by atoms with E-state index >= 15 is 0 Å². The normalized spacial score (nSPS) is 12.4. The summed E-state index contributed by atoms with van der Waals surface area (Å²) in [5.41, 5.74) is 0.904. The number of rotatable bonds is 6. The fourth-order valence-electron chi connectivity index (χ4n) is 2.73. The molecule has 0 radical (unpaired) electrons. The summed E-state index contributed by atoms with van der Waals surface area (Å²) >= 11 is 15.5. The number of alkyl halides is 2. The fourth-order valence-corrected chi connectivity index (χ4v) is 3.61. The van der Waals surface area contributed by atoms with Gasteiger partial charge in [-0.25, -0.2) is 8.78 Å². The van der Waals surface area contributed by atoms with E-state index < -0.39 is 18.4 Å². The number of aryl methyl sites for hydroxylation is 1. The van der Waals surface area contributed by atoms with Gasteiger partial charge in [-0.15, -0.1) is 0 Å². The highest BCUT2D eigenvalue weighted by Crippen LogP contribution is 2.26. The van der Waals surface area contributed by atoms with Crippen molar-refractivity contribution in [2.75, 3.05) is 5.32 Å². The SMILES string of the molecule is Cc1cc(C(F)F)nn1C(C)C(=O)Nc1nn(Cc2ccc(Cl)cc2Cl)cc1Br. The molecule has 2 aromatic heterocycles. The second-order valence-corrected chi connectivity index (χ2v) is 8.08. The Bertz CT molecular complexity index is 1050. The molecule has 0 bridgehead atoms. The van der Waals surface area contributed by atoms with E-state index in [-0.39, 0.29) is 5.69 Å². The topological polar surface area (TPSA) is 64.7 Å². The Hall–Kier alpha value is -1.97. The van der Waals surface area contributed by atoms with Crippen molar-refractivity contribution in [3.05, 3.63) is 61.9 Å². The lowest BCUT2D eigenvalue weighted by Crippen LogP contribution is -2.25. The number of benzene rings is 1. The van der Waals surface area contributed by atoms with E-state index in [9.17, 15) is 13.6 Å². The Morgan fingerprint density at radius 2 is 2.00 bits per heavy atom. The minimum Gasteiger partial charge on any atom is -0.306 e. The van der Waals surface area contributed by atoms with Gasteiger partial charge in [0.05, 0.1) is 11.0 Å². The molecule has 0 aliphatic rings. The van der Waals surface area contributed by atoms with Gasteiger partial charge < -0.3 is 5.32 Å². The number of amides is 1. The van der Waals surface area contributed by atoms with E-state index in [1.54, 1.807) is 42.9 Å². The maximum absolute atomic E-state index is 12.8. The molecule has 11 heteroatoms. The summed E-state index contributed by atoms with van der Waals surface area (Å²) in [6, 6.07) is 5.62. The Morgan fingerprint density at radius 1 is 1.28 bits per heavy atom. The average Bonchev–Trinajstić information content (AvgIpc) is 3.19. The zero-order valence-electron chi connectivity index (χ0n) is 15.3. The van der Waals surface area contributed by atoms with Crippen LogP contribution in [0.5, 0.6) is 0 Å². The summed E-state index contributed by atoms with van der Waals surface area (Å²) in [7, 11) is 0. The number of hydrogen-bond donors (Lipinski definition) is 1. The Balaban J connectivity index is 1.74. The first-order valence-corrected chi connectivity index (χ1v) is 10.0. The molecule has 6 nitrogen and oxygen atoms in total. The van der Waals surface area contributed by atoms with Gasteiger partial charge in [-0.3, -0.25) is 14.2 Å². The van der Waals surface area contributed by atoms with Gasteiger partial charge in [0.2, 0.25) is 5.91 Å². The van der Waals surface area contributed by atoms with Gasteiger partial charge in [-0.1, -0.05) is 29.3 Å². The largest absolute Gasteiger partial charge is 0.306 e. The summed E-state index contributed by atoms with van der Waals surface area (Å²) < 4.78 is 29.1. The Kier molecular flexibility index (Phi) is 6.60. The van der Waals surface area contributed by atoms with Crippen LogP contribution in [0, 0.1) is 6.92 Å². The van der Waals surface area contributed by atoms with Crippen LogP contribution in [0.4, 0.5) is 14.6 Å². The average molecular weight is 507 g/mol. The number of carbonyl (C=O) groups is 1. The first kappa shape index (κ1) is 21.7. The zero-order chi connectivity index (χ0) is 21.3. The van der Waals surface area contributed by atoms with Crippen LogP contribution in [0.25, 0.3) is 0 Å². The van der Waals surface area contributed by atoms with E-state index in [4.69, 9.17) is 23.2 Å². The molecule has 3 rings (SSSR count). The van der Waals surface area contributed by atoms with Crippen molar-refractivity contribution < 1.29 is 13.6 Å². The van der Waals surface area contributed by atoms with Crippen LogP contribution >= 0.6 is 39.1 Å². The third-order valence-electron chi connectivity index (χ3n) is 4.22. The molecule has 0 aliphatic carbocycles. The standard InChI is InChI=1S/C18H16BrCl2F2N5O/c1-9-5-15(16(22)23)25-28(9)10(2)18(29)24-17-13(19)8-27(26-17)7-11-3-4-12(20)6-14(11)21/h3-6,8,10,16H,7H2,1-2H3,(H,24,26,29). The lowest BCUT2D eigenvalue weighted by molar-refractivity contribution is -0.119. The zero-order valence-corrected chi connectivity index (χ0v) is 18.4. The third-order valence-corrected chi connectivity index (χ3v) is 5.38. The van der Waals surface area contributed by atoms with Crippen molar-refractivity contribution in [1.29, 1.82) is 0 Å². The van der Waals surface area contributed by atoms with Crippen LogP contribution in [0.2, 0.25) is 10.0 Å². The maximum Gasteiger partial charge on any atom is 0.282 e. The van der Waals surface area contributed by atoms with Gasteiger partial charge in [0, 0.05) is 21.9 Å². The van der Waals surface area contributed by atoms with E-state index in [0.29, 0.717) is 32.6 Å². The molecule has 1 aromatic carbocycles. The lowest BCUT2D eigenvalue weighted by atomic mass is 10.2. The molecule has 0 aliphatic heterocycles. The second kappa shape index (κ2) is 8.81. The minimum atomic E-state index is -2.70. The van der Waals surface area contributed by atoms with E-state index in [0.717, 1.165) is 5.56 Å². The molecular weight excluding hydrogens is 491 g/mol. The van der Waals surface area contributed by atoms with Crippen LogP contribution in [-0.2, 0) is 11.3 Å². The Labute approximate surface area is 183 Å². The summed E-state index contributed by atoms with van der Waals surface area (Å²) in [6.07, 6.45) is -1.01. The molecule has 1 unspecified atom stereocenters. The first-order valence-electron chi connectivity index (χ1n) is 8.47. The van der Waals surface area contributed by atoms with E-state index in [1.165, 1.54) is 10.7 Å². The molecule has 0 fully saturated rings. The lowest BCUT2D eigenvalue weighted by Gasteiger charge is -2.13. The monoisotopic (exact) mass is 505 g/mol. The highest BCUT2D eigenvalue weighted by Gasteiger charge is 2.22. The number of nitrogens with one attached hydrogen (secondary N) is 1. The van der Waals surface area contributed by atoms with Crippen molar-refractivity contribution in [2.24, 2.45) is 0 Å². The minimum absolute atomic E-state index is 0.297. The van der Waals surface area contributed by atoms with Gasteiger partial charge in [0.1, 0.15) is 11.7 Å². The number of carbonyl (C=O) groups excluding carboxylic acids is 1. The molecule has 29 heavy (non-hydrogen) atoms. The van der Waals surface area contributed by atoms with Crippen LogP contribution in [0.1, 0.15) is 36.3 Å². The highest BCUT2D eigenvalue weighted by molar-refractivity contribution is 9.10. The van der Waals surface area contributed by atoms with Crippen molar-refractivity contribution in [1.82, 2.24) is 19.6 Å². The number of halogens is 5. The third kappa shape index (κ3) is 4.96. The van der Waals surface area contributed by atoms with Crippen molar-refractivity contribution in [3.63, 3.8) is 0 Å². The quantitative estimate of drug-likeness (QED) is 0.470. The van der Waals surface area contributed by atoms with Gasteiger partial charge in [-0.05, 0) is 53.5 Å². The number of nitrogens with zero attached hydrogens (tertiary/aromatic N) is 4. The van der Waals surface area contributed by atoms with Crippen molar-refractivity contribution in [3.8, 4) is 0 Å². The first-order chi connectivity index (χ1) is 13.7. The molecule has 3 aromatic rings. The van der Waals surface area contributed by atoms with Crippen molar-refractivity contribution in [2.45, 2.75) is 32.9 Å². The summed E-state index contributed by atoms with van der Waals surface area (Å²) in [4.78, 5) is 12.6. The van der Waals surface area contributed by atoms with Gasteiger partial charge in [0.25, 0.3) is 6.43 Å². The summed E-state index contributed by atoms with van der Waals surface area (Å²) in [5, 5.41) is 11.9. The van der Waals surface area contributed by atoms with Crippen LogP contribution in [0.3, 0.4) is 0 Å². The predicted molar refractivity (Wildman–Crippen MR) is 111 cm³/mol. The maximum atomic E-state index is 12.8. The number of anilines is 1. The summed E-state index contributed by atoms with van der Waals surface area (Å²) in [5.74, 6) is -0.140. The molecule has 2 heterocycles. The molecule has 1 atom stereocenters. The molecule has 0 spiro atoms. The second-order valence-electron chi connectivity index (χ2n) is 6.38. The highest BCUT2D eigenvalue weighted by atomic mass is 79.9. The molecule has 0 saturated carbocycles. The predicted octanol–water partition coefficient (Wildman–Crippen LogP) is 5.64. The van der Waals surface area contributed by atoms with E-state index in [1.807, 2.05) is 0 Å². The van der Waals surface area contributed by atoms with Crippen molar-refractivity contribution >= 4 is 50.9 Å². The molecule has 1 N–H and O–H groups in total. The molecular formula is C18H16BrCl2F2N5O. The van der Waals surface area contributed by atoms with Gasteiger partial charge >= 0.3 is 0 Å². The molecule has 154 valence electrons. The fraction of sp³-hybridized carbons (Fsp3) is 0.278. The molecule has 0 saturated heterocycles. The number of hydrogen-bond acceptors (Lipinski definition) is 3. The van der Waals surface area contributed by atoms with Gasteiger partial charge in [0.15, 0.2) is 5.82 Å². The summed E-state index contributed by atoms with van der Waals surface area (Å²) in [6.45, 7) is 3.56. The molecule has 1 amide bonds.